The van der Waals surface area contributed by atoms with Crippen molar-refractivity contribution in [3.05, 3.63) is 70.8 Å². The second-order valence-electron chi connectivity index (χ2n) is 4.08. The molecule has 0 amide bonds. The lowest BCUT2D eigenvalue weighted by molar-refractivity contribution is 0.129. The van der Waals surface area contributed by atoms with Gasteiger partial charge >= 0.3 is 0 Å². The zero-order valence-corrected chi connectivity index (χ0v) is 10.4. The Morgan fingerprint density at radius 3 is 2.68 bits per heavy atom. The van der Waals surface area contributed by atoms with Gasteiger partial charge in [-0.25, -0.2) is 8.78 Å². The molecule has 0 saturated carbocycles. The summed E-state index contributed by atoms with van der Waals surface area (Å²) in [5, 5.41) is 3.75. The molecule has 2 aromatic carbocycles. The molecule has 0 saturated heterocycles. The first-order valence-corrected chi connectivity index (χ1v) is 5.82. The van der Waals surface area contributed by atoms with E-state index in [9.17, 15) is 8.78 Å². The van der Waals surface area contributed by atoms with Crippen LogP contribution < -0.4 is 0 Å². The predicted octanol–water partition coefficient (Wildman–Crippen LogP) is 3.82. The number of benzene rings is 2. The van der Waals surface area contributed by atoms with Crippen LogP contribution in [0.5, 0.6) is 0 Å². The summed E-state index contributed by atoms with van der Waals surface area (Å²) in [7, 11) is 0. The second-order valence-corrected chi connectivity index (χ2v) is 4.08. The third kappa shape index (κ3) is 3.37. The van der Waals surface area contributed by atoms with Crippen LogP contribution in [-0.4, -0.2) is 6.21 Å². The van der Waals surface area contributed by atoms with E-state index in [-0.39, 0.29) is 12.2 Å². The van der Waals surface area contributed by atoms with Crippen LogP contribution in [0.4, 0.5) is 8.78 Å². The van der Waals surface area contributed by atoms with Crippen LogP contribution in [-0.2, 0) is 11.4 Å². The van der Waals surface area contributed by atoms with Crippen molar-refractivity contribution in [1.82, 2.24) is 0 Å². The number of hydrogen-bond acceptors (Lipinski definition) is 2. The third-order valence-electron chi connectivity index (χ3n) is 2.71. The van der Waals surface area contributed by atoms with Crippen molar-refractivity contribution in [3.8, 4) is 0 Å². The maximum Gasteiger partial charge on any atom is 0.165 e. The Labute approximate surface area is 110 Å². The van der Waals surface area contributed by atoms with Gasteiger partial charge in [0.05, 0.1) is 6.21 Å². The van der Waals surface area contributed by atoms with Gasteiger partial charge in [-0.2, -0.15) is 0 Å². The van der Waals surface area contributed by atoms with E-state index in [2.05, 4.69) is 5.16 Å². The van der Waals surface area contributed by atoms with Crippen molar-refractivity contribution in [1.29, 1.82) is 0 Å². The van der Waals surface area contributed by atoms with E-state index in [1.807, 2.05) is 31.2 Å². The lowest BCUT2D eigenvalue weighted by Crippen LogP contribution is -1.95. The van der Waals surface area contributed by atoms with Gasteiger partial charge in [-0.3, -0.25) is 0 Å². The van der Waals surface area contributed by atoms with E-state index in [0.717, 1.165) is 17.2 Å². The fourth-order valence-electron chi connectivity index (χ4n) is 1.59. The lowest BCUT2D eigenvalue weighted by atomic mass is 10.1. The number of hydrogen-bond donors (Lipinski definition) is 0. The molecule has 0 N–H and O–H groups in total. The minimum Gasteiger partial charge on any atom is -0.391 e. The number of nitrogens with zero attached hydrogens (tertiary/aromatic N) is 1. The Morgan fingerprint density at radius 2 is 1.89 bits per heavy atom. The molecule has 98 valence electrons. The summed E-state index contributed by atoms with van der Waals surface area (Å²) in [6.07, 6.45) is 1.55. The van der Waals surface area contributed by atoms with Gasteiger partial charge in [-0.15, -0.1) is 0 Å². The monoisotopic (exact) mass is 261 g/mol. The van der Waals surface area contributed by atoms with Crippen molar-refractivity contribution in [2.24, 2.45) is 5.16 Å². The summed E-state index contributed by atoms with van der Waals surface area (Å²) in [5.74, 6) is -1.78. The minimum absolute atomic E-state index is 0.105. The number of oxime groups is 1. The first-order valence-electron chi connectivity index (χ1n) is 5.82. The summed E-state index contributed by atoms with van der Waals surface area (Å²) in [6, 6.07) is 11.6. The summed E-state index contributed by atoms with van der Waals surface area (Å²) in [6.45, 7) is 1.85. The molecule has 0 unspecified atom stereocenters. The molecule has 0 spiro atoms. The highest BCUT2D eigenvalue weighted by molar-refractivity contribution is 5.81. The molecular weight excluding hydrogens is 248 g/mol. The Hall–Kier alpha value is -2.23. The van der Waals surface area contributed by atoms with Gasteiger partial charge in [0.15, 0.2) is 11.6 Å². The van der Waals surface area contributed by atoms with Gasteiger partial charge in [0.2, 0.25) is 0 Å². The smallest absolute Gasteiger partial charge is 0.165 e. The first kappa shape index (κ1) is 13.2. The van der Waals surface area contributed by atoms with E-state index in [1.54, 1.807) is 6.21 Å². The van der Waals surface area contributed by atoms with Crippen LogP contribution in [0.15, 0.2) is 47.6 Å². The van der Waals surface area contributed by atoms with Crippen LogP contribution in [0.1, 0.15) is 16.7 Å². The summed E-state index contributed by atoms with van der Waals surface area (Å²) < 4.78 is 26.2. The van der Waals surface area contributed by atoms with Gasteiger partial charge in [-0.05, 0) is 24.1 Å². The van der Waals surface area contributed by atoms with Crippen molar-refractivity contribution < 1.29 is 13.6 Å². The van der Waals surface area contributed by atoms with Gasteiger partial charge in [0.1, 0.15) is 6.61 Å². The molecular formula is C15H13F2NO. The van der Waals surface area contributed by atoms with Crippen molar-refractivity contribution >= 4 is 6.21 Å². The van der Waals surface area contributed by atoms with Crippen LogP contribution in [0.2, 0.25) is 0 Å². The number of halogens is 2. The zero-order valence-electron chi connectivity index (χ0n) is 10.4. The Bertz CT molecular complexity index is 596. The quantitative estimate of drug-likeness (QED) is 0.605. The van der Waals surface area contributed by atoms with Crippen LogP contribution in [0, 0.1) is 18.6 Å². The molecule has 0 aliphatic carbocycles. The largest absolute Gasteiger partial charge is 0.391 e. The summed E-state index contributed by atoms with van der Waals surface area (Å²) >= 11 is 0. The molecule has 0 bridgehead atoms. The molecule has 0 aliphatic heterocycles. The molecule has 0 heterocycles. The standard InChI is InChI=1S/C15H13F2NO/c1-11-5-2-3-6-12(11)9-18-19-10-13-7-4-8-14(16)15(13)17/h2-9H,10H2,1H3. The Kier molecular flexibility index (Phi) is 4.23. The average Bonchev–Trinajstić information content (AvgIpc) is 2.41. The average molecular weight is 261 g/mol. The highest BCUT2D eigenvalue weighted by Crippen LogP contribution is 2.12. The van der Waals surface area contributed by atoms with E-state index < -0.39 is 11.6 Å². The SMILES string of the molecule is Cc1ccccc1C=NOCc1cccc(F)c1F. The van der Waals surface area contributed by atoms with Gasteiger partial charge in [0.25, 0.3) is 0 Å². The van der Waals surface area contributed by atoms with Crippen LogP contribution >= 0.6 is 0 Å². The molecule has 2 aromatic rings. The molecule has 0 radical (unpaired) electrons. The Morgan fingerprint density at radius 1 is 1.11 bits per heavy atom. The van der Waals surface area contributed by atoms with E-state index in [0.29, 0.717) is 0 Å². The molecule has 0 fully saturated rings. The van der Waals surface area contributed by atoms with E-state index in [4.69, 9.17) is 4.84 Å². The summed E-state index contributed by atoms with van der Waals surface area (Å²) in [5.41, 5.74) is 2.12. The topological polar surface area (TPSA) is 21.6 Å². The van der Waals surface area contributed by atoms with E-state index in [1.165, 1.54) is 12.1 Å². The van der Waals surface area contributed by atoms with Gasteiger partial charge in [-0.1, -0.05) is 41.6 Å². The van der Waals surface area contributed by atoms with Crippen LogP contribution in [0.25, 0.3) is 0 Å². The molecule has 0 atom stereocenters. The van der Waals surface area contributed by atoms with Crippen LogP contribution in [0.3, 0.4) is 0 Å². The molecule has 2 rings (SSSR count). The fourth-order valence-corrected chi connectivity index (χ4v) is 1.59. The first-order chi connectivity index (χ1) is 9.18. The minimum atomic E-state index is -0.895. The fraction of sp³-hybridized carbons (Fsp3) is 0.133. The number of aryl methyl sites for hydroxylation is 1. The molecule has 0 aromatic heterocycles. The lowest BCUT2D eigenvalue weighted by Gasteiger charge is -2.02. The highest BCUT2D eigenvalue weighted by Gasteiger charge is 2.07. The van der Waals surface area contributed by atoms with E-state index >= 15 is 0 Å². The zero-order chi connectivity index (χ0) is 13.7. The maximum absolute atomic E-state index is 13.3. The normalized spacial score (nSPS) is 10.9. The van der Waals surface area contributed by atoms with Gasteiger partial charge < -0.3 is 4.84 Å². The predicted molar refractivity (Wildman–Crippen MR) is 69.9 cm³/mol. The number of rotatable bonds is 4. The molecule has 19 heavy (non-hydrogen) atoms. The van der Waals surface area contributed by atoms with Crippen molar-refractivity contribution in [2.75, 3.05) is 0 Å². The van der Waals surface area contributed by atoms with Crippen molar-refractivity contribution in [2.45, 2.75) is 13.5 Å². The highest BCUT2D eigenvalue weighted by atomic mass is 19.2. The Balaban J connectivity index is 1.97. The third-order valence-corrected chi connectivity index (χ3v) is 2.71. The molecule has 4 heteroatoms. The van der Waals surface area contributed by atoms with Crippen molar-refractivity contribution in [3.63, 3.8) is 0 Å². The second kappa shape index (κ2) is 6.09. The maximum atomic E-state index is 13.3. The molecule has 0 aliphatic rings. The van der Waals surface area contributed by atoms with Gasteiger partial charge in [0, 0.05) is 5.56 Å². The summed E-state index contributed by atoms with van der Waals surface area (Å²) in [4.78, 5) is 4.98. The molecule has 2 nitrogen and oxygen atoms in total.